The first-order valence-corrected chi connectivity index (χ1v) is 36.7. The van der Waals surface area contributed by atoms with Gasteiger partial charge in [0.2, 0.25) is 0 Å². The molecule has 4 aliphatic rings. The summed E-state index contributed by atoms with van der Waals surface area (Å²) in [5.74, 6) is 1.66. The molecule has 310 valence electrons. The molecule has 0 aliphatic heterocycles. The van der Waals surface area contributed by atoms with Crippen LogP contribution in [0, 0.1) is 25.7 Å². The summed E-state index contributed by atoms with van der Waals surface area (Å²) in [4.78, 5) is 0. The molecule has 2 saturated carbocycles. The fourth-order valence-corrected chi connectivity index (χ4v) is 32.3. The SMILES string of the molecule is CCCc1ccc(-c2ccc(C)c3c2C=C(CC2CCCCC2)[CH]3[Zr]([CH3])([CH3])(=[SiH2])[CH]2C(CC3CCCCC3)=Cc3c(-c4ccc(CCC)cc4)ccc(C)c32)cc1.Cl.Cl. The van der Waals surface area contributed by atoms with Crippen molar-refractivity contribution in [2.75, 3.05) is 0 Å². The van der Waals surface area contributed by atoms with E-state index in [9.17, 15) is 0 Å². The van der Waals surface area contributed by atoms with Gasteiger partial charge in [-0.15, -0.1) is 24.8 Å². The molecule has 0 aromatic heterocycles. The van der Waals surface area contributed by atoms with Gasteiger partial charge >= 0.3 is 346 Å². The van der Waals surface area contributed by atoms with E-state index in [1.165, 1.54) is 134 Å². The largest absolute Gasteiger partial charge is 0.147 e. The van der Waals surface area contributed by atoms with Crippen LogP contribution in [0.3, 0.4) is 0 Å². The van der Waals surface area contributed by atoms with Crippen LogP contribution in [-0.2, 0) is 30.2 Å². The van der Waals surface area contributed by atoms with E-state index in [1.54, 1.807) is 33.4 Å². The second-order valence-corrected chi connectivity index (χ2v) is 50.5. The number of rotatable bonds is 12. The van der Waals surface area contributed by atoms with Crippen LogP contribution in [0.15, 0.2) is 83.9 Å². The Morgan fingerprint density at radius 3 is 1.22 bits per heavy atom. The van der Waals surface area contributed by atoms with Crippen molar-refractivity contribution in [3.05, 3.63) is 128 Å². The molecule has 58 heavy (non-hydrogen) atoms. The Hall–Kier alpha value is -1.96. The summed E-state index contributed by atoms with van der Waals surface area (Å²) in [6, 6.07) is 29.2. The average molecular weight is 911 g/mol. The zero-order valence-corrected chi connectivity index (χ0v) is 42.2. The molecular formula is C54H72Cl2SiZr. The number of hydrogen-bond acceptors (Lipinski definition) is 0. The third-order valence-corrected chi connectivity index (χ3v) is 32.4. The van der Waals surface area contributed by atoms with Gasteiger partial charge in [0.1, 0.15) is 0 Å². The quantitative estimate of drug-likeness (QED) is 0.124. The van der Waals surface area contributed by atoms with Crippen LogP contribution in [0.2, 0.25) is 9.26 Å². The molecule has 0 radical (unpaired) electrons. The summed E-state index contributed by atoms with van der Waals surface area (Å²) in [5, 5.41) is 0. The maximum absolute atomic E-state index is 3.91. The standard InChI is InChI=1S/2C26H31.2CH3.2ClH.H2Si.Zr/c2*1-3-7-20-11-13-23(14-12-20)24-15-10-19(2)25-17-22(18-26(24)25)16-21-8-5-4-6-9-21;;;;;;/h2*10-15,17-18,21H,3-9,16H2,1-2H3;2*1H3;2*1H;1H2;. The molecule has 0 heterocycles. The van der Waals surface area contributed by atoms with Gasteiger partial charge in [-0.05, 0) is 0 Å². The third-order valence-electron chi connectivity index (χ3n) is 15.0. The van der Waals surface area contributed by atoms with Crippen molar-refractivity contribution < 1.29 is 17.4 Å². The molecule has 2 fully saturated rings. The minimum Gasteiger partial charge on any atom is -0.147 e. The van der Waals surface area contributed by atoms with E-state index < -0.39 is 17.4 Å². The molecule has 0 nitrogen and oxygen atoms in total. The Labute approximate surface area is 367 Å². The smallest absolute Gasteiger partial charge is 0.147 e. The minimum absolute atomic E-state index is 0. The van der Waals surface area contributed by atoms with Crippen molar-refractivity contribution in [1.29, 1.82) is 0 Å². The van der Waals surface area contributed by atoms with Gasteiger partial charge in [-0.3, -0.25) is 0 Å². The van der Waals surface area contributed by atoms with Crippen LogP contribution >= 0.6 is 24.8 Å². The molecule has 8 rings (SSSR count). The van der Waals surface area contributed by atoms with Crippen LogP contribution in [-0.4, -0.2) is 6.88 Å². The van der Waals surface area contributed by atoms with Crippen molar-refractivity contribution in [2.45, 2.75) is 147 Å². The van der Waals surface area contributed by atoms with Crippen molar-refractivity contribution in [3.63, 3.8) is 0 Å². The Morgan fingerprint density at radius 2 is 0.879 bits per heavy atom. The molecule has 0 N–H and O–H groups in total. The van der Waals surface area contributed by atoms with Crippen molar-refractivity contribution >= 4 is 43.8 Å². The summed E-state index contributed by atoms with van der Waals surface area (Å²) in [5.41, 5.74) is 21.8. The third kappa shape index (κ3) is 8.99. The van der Waals surface area contributed by atoms with Crippen molar-refractivity contribution in [1.82, 2.24) is 0 Å². The predicted molar refractivity (Wildman–Crippen MR) is 260 cm³/mol. The summed E-state index contributed by atoms with van der Waals surface area (Å²) in [6.45, 7) is 12.1. The van der Waals surface area contributed by atoms with Crippen LogP contribution in [0.5, 0.6) is 0 Å². The zero-order chi connectivity index (χ0) is 39.1. The molecule has 4 aromatic rings. The Kier molecular flexibility index (Phi) is 14.9. The number of aryl methyl sites for hydroxylation is 4. The Morgan fingerprint density at radius 1 is 0.517 bits per heavy atom. The Bertz CT molecular complexity index is 2040. The van der Waals surface area contributed by atoms with E-state index in [-0.39, 0.29) is 24.8 Å². The number of allylic oxidation sites excluding steroid dienone is 2. The molecule has 0 amide bonds. The first kappa shape index (κ1) is 45.6. The Balaban J connectivity index is 0.00000283. The van der Waals surface area contributed by atoms with E-state index in [1.807, 2.05) is 0 Å². The van der Waals surface area contributed by atoms with Crippen LogP contribution < -0.4 is 0 Å². The van der Waals surface area contributed by atoms with Gasteiger partial charge in [-0.1, -0.05) is 0 Å². The van der Waals surface area contributed by atoms with Gasteiger partial charge in [0.25, 0.3) is 0 Å². The summed E-state index contributed by atoms with van der Waals surface area (Å²) < 4.78 is 6.99. The molecule has 4 heteroatoms. The van der Waals surface area contributed by atoms with E-state index in [0.29, 0.717) is 7.25 Å². The van der Waals surface area contributed by atoms with Gasteiger partial charge in [-0.2, -0.15) is 0 Å². The average Bonchev–Trinajstić information content (AvgIpc) is 3.79. The molecule has 0 saturated heterocycles. The first-order valence-electron chi connectivity index (χ1n) is 23.0. The predicted octanol–water partition coefficient (Wildman–Crippen LogP) is 16.2. The molecule has 4 aromatic carbocycles. The van der Waals surface area contributed by atoms with Gasteiger partial charge in [0, 0.05) is 0 Å². The van der Waals surface area contributed by atoms with Gasteiger partial charge in [0.05, 0.1) is 0 Å². The second-order valence-electron chi connectivity index (χ2n) is 20.1. The monoisotopic (exact) mass is 908 g/mol. The van der Waals surface area contributed by atoms with Crippen LogP contribution in [0.25, 0.3) is 34.4 Å². The zero-order valence-electron chi connectivity index (χ0n) is 36.7. The normalized spacial score (nSPS) is 19.8. The molecule has 0 bridgehead atoms. The fraction of sp³-hybridized carbons (Fsp3) is 0.481. The molecular weight excluding hydrogens is 839 g/mol. The van der Waals surface area contributed by atoms with E-state index in [4.69, 9.17) is 0 Å². The molecule has 2 atom stereocenters. The van der Waals surface area contributed by atoms with Crippen LogP contribution in [0.4, 0.5) is 0 Å². The van der Waals surface area contributed by atoms with Gasteiger partial charge < -0.3 is 0 Å². The van der Waals surface area contributed by atoms with Crippen LogP contribution in [0.1, 0.15) is 155 Å². The molecule has 0 spiro atoms. The summed E-state index contributed by atoms with van der Waals surface area (Å²) in [6.07, 6.45) is 27.0. The van der Waals surface area contributed by atoms with Crippen molar-refractivity contribution in [3.8, 4) is 22.3 Å². The summed E-state index contributed by atoms with van der Waals surface area (Å²) >= 11 is -3.91. The maximum Gasteiger partial charge on any atom is -0.147 e. The van der Waals surface area contributed by atoms with E-state index in [0.717, 1.165) is 24.7 Å². The topological polar surface area (TPSA) is 0 Å². The minimum atomic E-state index is -3.91. The van der Waals surface area contributed by atoms with Gasteiger partial charge in [0.15, 0.2) is 0 Å². The number of fused-ring (bicyclic) bond motifs is 2. The van der Waals surface area contributed by atoms with Crippen molar-refractivity contribution in [2.24, 2.45) is 11.8 Å². The number of halogens is 2. The molecule has 4 aliphatic carbocycles. The first-order chi connectivity index (χ1) is 27.0. The summed E-state index contributed by atoms with van der Waals surface area (Å²) in [7, 11) is 0. The maximum atomic E-state index is 2.93. The second kappa shape index (κ2) is 19.0. The van der Waals surface area contributed by atoms with E-state index >= 15 is 0 Å². The van der Waals surface area contributed by atoms with Gasteiger partial charge in [-0.25, -0.2) is 0 Å². The van der Waals surface area contributed by atoms with E-state index in [2.05, 4.69) is 129 Å². The number of hydrogen-bond donors (Lipinski definition) is 0. The fourth-order valence-electron chi connectivity index (χ4n) is 12.4. The number of benzene rings is 4. The molecule has 2 unspecified atom stereocenters.